The Morgan fingerprint density at radius 3 is 2.40 bits per heavy atom. The number of alkyl halides is 3. The molecule has 0 aromatic heterocycles. The number of thioether (sulfide) groups is 1. The number of esters is 2. The van der Waals surface area contributed by atoms with E-state index in [0.29, 0.717) is 16.9 Å². The monoisotopic (exact) mass is 566 g/mol. The standard InChI is InChI=1S/C21H21Cl3N2O8S/c1-11(27)32-8-13-9-35-18-15(25-20(30)34-10-21(22,23)24)17(28)26(18)16(13)19(29)33-7-12-3-5-14(31-2)6-4-12/h3-6,15,18H,7-10H2,1-2H3,(H,25,30)/t15-,18+/m1/s1. The molecule has 2 aliphatic rings. The number of carbonyl (C=O) groups excluding carboxylic acids is 4. The van der Waals surface area contributed by atoms with Crippen LogP contribution in [0.25, 0.3) is 0 Å². The number of hydrogen-bond donors (Lipinski definition) is 1. The average Bonchev–Trinajstić information content (AvgIpc) is 2.82. The maximum atomic E-state index is 13.0. The van der Waals surface area contributed by atoms with Crippen molar-refractivity contribution in [2.75, 3.05) is 26.1 Å². The molecule has 1 aromatic rings. The third-order valence-electron chi connectivity index (χ3n) is 4.86. The first-order valence-electron chi connectivity index (χ1n) is 10.1. The number of nitrogens with zero attached hydrogens (tertiary/aromatic N) is 1. The molecule has 1 N–H and O–H groups in total. The minimum Gasteiger partial charge on any atom is -0.497 e. The van der Waals surface area contributed by atoms with E-state index in [1.165, 1.54) is 30.7 Å². The number of methoxy groups -OCH3 is 1. The van der Waals surface area contributed by atoms with Crippen LogP contribution in [-0.2, 0) is 35.2 Å². The Morgan fingerprint density at radius 1 is 1.11 bits per heavy atom. The van der Waals surface area contributed by atoms with Gasteiger partial charge in [-0.25, -0.2) is 9.59 Å². The van der Waals surface area contributed by atoms with Crippen molar-refractivity contribution in [2.45, 2.75) is 28.7 Å². The highest BCUT2D eigenvalue weighted by Gasteiger charge is 2.54. The predicted molar refractivity (Wildman–Crippen MR) is 128 cm³/mol. The lowest BCUT2D eigenvalue weighted by molar-refractivity contribution is -0.152. The molecular weight excluding hydrogens is 547 g/mol. The second-order valence-corrected chi connectivity index (χ2v) is 11.0. The summed E-state index contributed by atoms with van der Waals surface area (Å²) < 4.78 is 18.6. The first-order chi connectivity index (χ1) is 16.5. The summed E-state index contributed by atoms with van der Waals surface area (Å²) in [6, 6.07) is 5.94. The Labute approximate surface area is 220 Å². The number of hydrogen-bond acceptors (Lipinski definition) is 9. The van der Waals surface area contributed by atoms with Crippen LogP contribution in [0.3, 0.4) is 0 Å². The summed E-state index contributed by atoms with van der Waals surface area (Å²) in [6.45, 7) is 0.479. The topological polar surface area (TPSA) is 120 Å². The van der Waals surface area contributed by atoms with Gasteiger partial charge in [-0.05, 0) is 17.7 Å². The molecule has 0 radical (unpaired) electrons. The molecule has 14 heteroatoms. The summed E-state index contributed by atoms with van der Waals surface area (Å²) in [4.78, 5) is 50.4. The highest BCUT2D eigenvalue weighted by molar-refractivity contribution is 8.00. The van der Waals surface area contributed by atoms with Crippen molar-refractivity contribution in [3.05, 3.63) is 41.1 Å². The zero-order valence-corrected chi connectivity index (χ0v) is 21.6. The molecule has 10 nitrogen and oxygen atoms in total. The molecule has 2 amide bonds. The van der Waals surface area contributed by atoms with Gasteiger partial charge in [-0.2, -0.15) is 0 Å². The van der Waals surface area contributed by atoms with Gasteiger partial charge in [0.05, 0.1) is 7.11 Å². The minimum atomic E-state index is -1.80. The molecule has 3 rings (SSSR count). The van der Waals surface area contributed by atoms with Gasteiger partial charge in [0, 0.05) is 18.2 Å². The third kappa shape index (κ3) is 7.09. The lowest BCUT2D eigenvalue weighted by Crippen LogP contribution is -2.70. The summed E-state index contributed by atoms with van der Waals surface area (Å²) >= 11 is 18.0. The highest BCUT2D eigenvalue weighted by atomic mass is 35.6. The molecule has 1 aromatic carbocycles. The van der Waals surface area contributed by atoms with Crippen molar-refractivity contribution in [2.24, 2.45) is 0 Å². The molecule has 0 bridgehead atoms. The van der Waals surface area contributed by atoms with Crippen LogP contribution < -0.4 is 10.1 Å². The van der Waals surface area contributed by atoms with Crippen molar-refractivity contribution in [3.63, 3.8) is 0 Å². The van der Waals surface area contributed by atoms with Gasteiger partial charge in [0.2, 0.25) is 3.79 Å². The lowest BCUT2D eigenvalue weighted by atomic mass is 10.0. The quantitative estimate of drug-likeness (QED) is 0.219. The van der Waals surface area contributed by atoms with E-state index in [-0.39, 0.29) is 24.7 Å². The molecule has 1 saturated heterocycles. The van der Waals surface area contributed by atoms with Crippen LogP contribution in [-0.4, -0.2) is 70.1 Å². The van der Waals surface area contributed by atoms with E-state index in [1.54, 1.807) is 24.3 Å². The molecule has 2 heterocycles. The molecule has 2 atom stereocenters. The maximum Gasteiger partial charge on any atom is 0.408 e. The Hall–Kier alpha value is -2.34. The number of benzene rings is 1. The van der Waals surface area contributed by atoms with Gasteiger partial charge in [0.1, 0.15) is 42.7 Å². The fourth-order valence-electron chi connectivity index (χ4n) is 3.23. The van der Waals surface area contributed by atoms with Crippen LogP contribution in [0.1, 0.15) is 12.5 Å². The van der Waals surface area contributed by atoms with Crippen molar-refractivity contribution in [1.82, 2.24) is 10.2 Å². The van der Waals surface area contributed by atoms with Crippen molar-refractivity contribution < 1.29 is 38.1 Å². The molecule has 0 spiro atoms. The summed E-state index contributed by atoms with van der Waals surface area (Å²) in [5.41, 5.74) is 1.09. The van der Waals surface area contributed by atoms with Crippen molar-refractivity contribution >= 4 is 70.5 Å². The SMILES string of the molecule is COc1ccc(COC(=O)C2=C(COC(C)=O)CS[C@H]3[C@H](NC(=O)OCC(Cl)(Cl)Cl)C(=O)N23)cc1. The van der Waals surface area contributed by atoms with E-state index in [1.807, 2.05) is 0 Å². The number of fused-ring (bicyclic) bond motifs is 1. The van der Waals surface area contributed by atoms with Gasteiger partial charge in [0.25, 0.3) is 5.91 Å². The van der Waals surface area contributed by atoms with Gasteiger partial charge in [-0.15, -0.1) is 11.8 Å². The molecule has 190 valence electrons. The number of nitrogens with one attached hydrogen (secondary N) is 1. The first kappa shape index (κ1) is 27.3. The largest absolute Gasteiger partial charge is 0.497 e. The molecule has 0 unspecified atom stereocenters. The predicted octanol–water partition coefficient (Wildman–Crippen LogP) is 2.94. The van der Waals surface area contributed by atoms with Crippen molar-refractivity contribution in [3.8, 4) is 5.75 Å². The summed E-state index contributed by atoms with van der Waals surface area (Å²) in [5, 5.41) is 1.81. The fraction of sp³-hybridized carbons (Fsp3) is 0.429. The zero-order valence-electron chi connectivity index (χ0n) is 18.5. The Kier molecular flexibility index (Phi) is 9.03. The summed E-state index contributed by atoms with van der Waals surface area (Å²) in [7, 11) is 1.54. The maximum absolute atomic E-state index is 13.0. The van der Waals surface area contributed by atoms with Crippen LogP contribution in [0, 0.1) is 0 Å². The third-order valence-corrected chi connectivity index (χ3v) is 6.53. The Bertz CT molecular complexity index is 1030. The number of ether oxygens (including phenoxy) is 4. The summed E-state index contributed by atoms with van der Waals surface area (Å²) in [6.07, 6.45) is -0.951. The smallest absolute Gasteiger partial charge is 0.408 e. The number of halogens is 3. The van der Waals surface area contributed by atoms with E-state index in [2.05, 4.69) is 5.32 Å². The van der Waals surface area contributed by atoms with Crippen LogP contribution in [0.2, 0.25) is 0 Å². The van der Waals surface area contributed by atoms with Gasteiger partial charge >= 0.3 is 18.0 Å². The van der Waals surface area contributed by atoms with Crippen LogP contribution >= 0.6 is 46.6 Å². The highest BCUT2D eigenvalue weighted by Crippen LogP contribution is 2.41. The number of rotatable bonds is 8. The Balaban J connectivity index is 1.71. The van der Waals surface area contributed by atoms with Gasteiger partial charge < -0.3 is 24.3 Å². The molecular formula is C21H21Cl3N2O8S. The van der Waals surface area contributed by atoms with Gasteiger partial charge in [0.15, 0.2) is 0 Å². The van der Waals surface area contributed by atoms with Crippen LogP contribution in [0.15, 0.2) is 35.5 Å². The van der Waals surface area contributed by atoms with E-state index >= 15 is 0 Å². The lowest BCUT2D eigenvalue weighted by Gasteiger charge is -2.49. The van der Waals surface area contributed by atoms with E-state index in [0.717, 1.165) is 0 Å². The normalized spacial score (nSPS) is 19.3. The molecule has 35 heavy (non-hydrogen) atoms. The molecule has 0 saturated carbocycles. The molecule has 1 fully saturated rings. The van der Waals surface area contributed by atoms with Crippen LogP contribution in [0.4, 0.5) is 4.79 Å². The number of amides is 2. The van der Waals surface area contributed by atoms with E-state index in [4.69, 9.17) is 53.8 Å². The second-order valence-electron chi connectivity index (χ2n) is 7.38. The zero-order chi connectivity index (χ0) is 25.8. The van der Waals surface area contributed by atoms with Crippen molar-refractivity contribution in [1.29, 1.82) is 0 Å². The van der Waals surface area contributed by atoms with E-state index < -0.39 is 45.8 Å². The second kappa shape index (κ2) is 11.6. The number of alkyl carbamates (subject to hydrolysis) is 1. The van der Waals surface area contributed by atoms with Crippen LogP contribution in [0.5, 0.6) is 5.75 Å². The van der Waals surface area contributed by atoms with Gasteiger partial charge in [-0.1, -0.05) is 46.9 Å². The number of β-lactam (4-membered cyclic amide) rings is 1. The van der Waals surface area contributed by atoms with Gasteiger partial charge in [-0.3, -0.25) is 14.5 Å². The Morgan fingerprint density at radius 2 is 1.80 bits per heavy atom. The minimum absolute atomic E-state index is 0.0266. The number of carbonyl (C=O) groups is 4. The fourth-order valence-corrected chi connectivity index (χ4v) is 4.72. The first-order valence-corrected chi connectivity index (χ1v) is 12.3. The molecule has 0 aliphatic carbocycles. The van der Waals surface area contributed by atoms with E-state index in [9.17, 15) is 19.2 Å². The molecule has 2 aliphatic heterocycles. The average molecular weight is 568 g/mol. The summed E-state index contributed by atoms with van der Waals surface area (Å²) in [5.74, 6) is -0.961.